The largest absolute Gasteiger partial charge is 0.508 e. The molecule has 3 aromatic carbocycles. The fourth-order valence-electron chi connectivity index (χ4n) is 7.46. The van der Waals surface area contributed by atoms with E-state index in [1.165, 1.54) is 29.2 Å². The number of likely N-dealkylation sites (tertiary alicyclic amines) is 1. The summed E-state index contributed by atoms with van der Waals surface area (Å²) in [4.78, 5) is 54.2. The lowest BCUT2D eigenvalue weighted by atomic mass is 9.56. The number of allylic oxidation sites excluding steroid dienone is 2. The minimum atomic E-state index is -2.04. The zero-order valence-electron chi connectivity index (χ0n) is 22.6. The molecule has 2 aliphatic carbocycles. The predicted molar refractivity (Wildman–Crippen MR) is 157 cm³/mol. The molecule has 6 unspecified atom stereocenters. The van der Waals surface area contributed by atoms with Gasteiger partial charge in [0.15, 0.2) is 9.75 Å². The Hall–Kier alpha value is -4.01. The lowest BCUT2D eigenvalue weighted by molar-refractivity contribution is -0.141. The third-order valence-electron chi connectivity index (χ3n) is 9.37. The topological polar surface area (TPSA) is 95.0 Å². The number of hydrogen-bond donors (Lipinski definition) is 1. The zero-order valence-corrected chi connectivity index (χ0v) is 24.1. The molecule has 1 N–H and O–H groups in total. The third kappa shape index (κ3) is 3.85. The highest BCUT2D eigenvalue weighted by Gasteiger charge is 2.76. The summed E-state index contributed by atoms with van der Waals surface area (Å²) in [7, 11) is 0. The Balaban J connectivity index is 1.36. The highest BCUT2D eigenvalue weighted by atomic mass is 35.5. The molecule has 3 fully saturated rings. The van der Waals surface area contributed by atoms with Gasteiger partial charge in [0.1, 0.15) is 11.6 Å². The van der Waals surface area contributed by atoms with E-state index in [0.29, 0.717) is 11.1 Å². The molecule has 4 aliphatic rings. The van der Waals surface area contributed by atoms with Crippen LogP contribution < -0.4 is 4.90 Å². The number of fused-ring (bicyclic) bond motifs is 4. The molecule has 43 heavy (non-hydrogen) atoms. The summed E-state index contributed by atoms with van der Waals surface area (Å²) in [6, 6.07) is 20.3. The number of carbonyl (C=O) groups is 4. The first-order valence-corrected chi connectivity index (χ1v) is 14.7. The molecular weight excluding hydrogens is 594 g/mol. The van der Waals surface area contributed by atoms with E-state index in [1.54, 1.807) is 12.1 Å². The Morgan fingerprint density at radius 2 is 1.58 bits per heavy atom. The summed E-state index contributed by atoms with van der Waals surface area (Å²) in [5.41, 5.74) is 1.98. The SMILES string of the molecule is O=C1C2CC=C3C(CC4(Cl)C(=O)N(c5ccc(F)cc5)C(=O)C4(Cl)C3c3cccc(O)c3)C2C(=O)N1Cc1ccccc1. The van der Waals surface area contributed by atoms with Crippen molar-refractivity contribution >= 4 is 52.5 Å². The lowest BCUT2D eigenvalue weighted by Gasteiger charge is -2.50. The van der Waals surface area contributed by atoms with E-state index in [0.717, 1.165) is 22.6 Å². The van der Waals surface area contributed by atoms with E-state index in [9.17, 15) is 28.7 Å². The second-order valence-corrected chi connectivity index (χ2v) is 12.8. The van der Waals surface area contributed by atoms with Gasteiger partial charge in [-0.1, -0.05) is 54.1 Å². The van der Waals surface area contributed by atoms with Crippen molar-refractivity contribution in [3.05, 3.63) is 107 Å². The lowest BCUT2D eigenvalue weighted by Crippen LogP contribution is -2.60. The molecule has 2 saturated heterocycles. The van der Waals surface area contributed by atoms with Crippen molar-refractivity contribution in [2.75, 3.05) is 4.90 Å². The van der Waals surface area contributed by atoms with Crippen LogP contribution in [0.5, 0.6) is 5.75 Å². The second kappa shape index (κ2) is 9.76. The standard InChI is InChI=1S/C33H25Cl2FN2O5/c34-32-16-25-23(13-14-24-26(25)29(41)37(28(24)40)17-18-5-2-1-3-6-18)27(19-7-4-8-22(39)15-19)33(32,35)31(43)38(30(32)42)21-11-9-20(36)10-12-21/h1-13,15,24-27,39H,14,16-17H2. The molecule has 10 heteroatoms. The van der Waals surface area contributed by atoms with Crippen molar-refractivity contribution < 1.29 is 28.7 Å². The minimum Gasteiger partial charge on any atom is -0.508 e. The maximum Gasteiger partial charge on any atom is 0.258 e. The highest BCUT2D eigenvalue weighted by molar-refractivity contribution is 6.58. The van der Waals surface area contributed by atoms with Gasteiger partial charge in [-0.25, -0.2) is 9.29 Å². The van der Waals surface area contributed by atoms with Gasteiger partial charge < -0.3 is 5.11 Å². The van der Waals surface area contributed by atoms with Gasteiger partial charge in [0.05, 0.1) is 24.1 Å². The van der Waals surface area contributed by atoms with Crippen molar-refractivity contribution in [1.82, 2.24) is 4.90 Å². The van der Waals surface area contributed by atoms with E-state index < -0.39 is 51.1 Å². The summed E-state index contributed by atoms with van der Waals surface area (Å²) in [5.74, 6) is -6.01. The molecule has 7 nitrogen and oxygen atoms in total. The van der Waals surface area contributed by atoms with E-state index in [1.807, 2.05) is 36.4 Å². The van der Waals surface area contributed by atoms with Gasteiger partial charge in [-0.2, -0.15) is 0 Å². The zero-order chi connectivity index (χ0) is 30.3. The van der Waals surface area contributed by atoms with Gasteiger partial charge in [0.25, 0.3) is 11.8 Å². The number of anilines is 1. The summed E-state index contributed by atoms with van der Waals surface area (Å²) < 4.78 is 13.8. The minimum absolute atomic E-state index is 0.0809. The number of carbonyl (C=O) groups excluding carboxylic acids is 4. The normalized spacial score (nSPS) is 31.6. The average molecular weight is 619 g/mol. The number of halogens is 3. The molecular formula is C33H25Cl2FN2O5. The van der Waals surface area contributed by atoms with E-state index in [4.69, 9.17) is 23.2 Å². The van der Waals surface area contributed by atoms with Gasteiger partial charge in [-0.05, 0) is 66.3 Å². The molecule has 6 atom stereocenters. The molecule has 0 spiro atoms. The molecule has 4 amide bonds. The van der Waals surface area contributed by atoms with Crippen molar-refractivity contribution in [2.45, 2.75) is 35.1 Å². The van der Waals surface area contributed by atoms with E-state index in [2.05, 4.69) is 0 Å². The fraction of sp³-hybridized carbons (Fsp3) is 0.273. The molecule has 0 radical (unpaired) electrons. The maximum absolute atomic E-state index is 14.3. The maximum atomic E-state index is 14.3. The highest BCUT2D eigenvalue weighted by Crippen LogP contribution is 2.65. The van der Waals surface area contributed by atoms with Gasteiger partial charge in [0.2, 0.25) is 11.8 Å². The summed E-state index contributed by atoms with van der Waals surface area (Å²) >= 11 is 14.6. The second-order valence-electron chi connectivity index (χ2n) is 11.6. The molecule has 0 aromatic heterocycles. The van der Waals surface area contributed by atoms with Crippen LogP contribution in [0.1, 0.15) is 29.9 Å². The Morgan fingerprint density at radius 1 is 0.860 bits per heavy atom. The number of nitrogens with zero attached hydrogens (tertiary/aromatic N) is 2. The van der Waals surface area contributed by atoms with Crippen LogP contribution in [-0.2, 0) is 25.7 Å². The number of amides is 4. The predicted octanol–water partition coefficient (Wildman–Crippen LogP) is 5.29. The van der Waals surface area contributed by atoms with Gasteiger partial charge in [0, 0.05) is 5.92 Å². The number of aromatic hydroxyl groups is 1. The average Bonchev–Trinajstić information content (AvgIpc) is 3.32. The number of benzene rings is 3. The van der Waals surface area contributed by atoms with E-state index in [-0.39, 0.29) is 42.6 Å². The third-order valence-corrected chi connectivity index (χ3v) is 10.8. The van der Waals surface area contributed by atoms with Crippen molar-refractivity contribution in [3.8, 4) is 5.75 Å². The molecule has 3 aromatic rings. The van der Waals surface area contributed by atoms with Crippen LogP contribution >= 0.6 is 23.2 Å². The van der Waals surface area contributed by atoms with Crippen LogP contribution in [0, 0.1) is 23.6 Å². The van der Waals surface area contributed by atoms with Crippen LogP contribution in [0.25, 0.3) is 0 Å². The number of phenols is 1. The molecule has 218 valence electrons. The molecule has 2 heterocycles. The Labute approximate surface area is 256 Å². The Morgan fingerprint density at radius 3 is 2.28 bits per heavy atom. The number of rotatable bonds is 4. The van der Waals surface area contributed by atoms with Crippen molar-refractivity contribution in [2.24, 2.45) is 17.8 Å². The van der Waals surface area contributed by atoms with Crippen LogP contribution in [0.4, 0.5) is 10.1 Å². The first kappa shape index (κ1) is 27.8. The number of alkyl halides is 2. The van der Waals surface area contributed by atoms with Crippen LogP contribution in [0.2, 0.25) is 0 Å². The summed E-state index contributed by atoms with van der Waals surface area (Å²) in [6.07, 6.45) is 1.92. The van der Waals surface area contributed by atoms with Gasteiger partial charge >= 0.3 is 0 Å². The Kier molecular flexibility index (Phi) is 6.31. The first-order valence-electron chi connectivity index (χ1n) is 14.0. The molecule has 7 rings (SSSR count). The van der Waals surface area contributed by atoms with Crippen LogP contribution in [-0.4, -0.2) is 43.4 Å². The van der Waals surface area contributed by atoms with Crippen molar-refractivity contribution in [1.29, 1.82) is 0 Å². The smallest absolute Gasteiger partial charge is 0.258 e. The van der Waals surface area contributed by atoms with Gasteiger partial charge in [-0.3, -0.25) is 24.1 Å². The number of hydrogen-bond acceptors (Lipinski definition) is 5. The molecule has 0 bridgehead atoms. The quantitative estimate of drug-likeness (QED) is 0.243. The number of phenolic OH excluding ortho intramolecular Hbond substituents is 1. The van der Waals surface area contributed by atoms with E-state index >= 15 is 0 Å². The summed E-state index contributed by atoms with van der Waals surface area (Å²) in [6.45, 7) is 0.116. The Bertz CT molecular complexity index is 1730. The fourth-order valence-corrected chi connectivity index (χ4v) is 8.40. The first-order chi connectivity index (χ1) is 20.6. The van der Waals surface area contributed by atoms with Crippen LogP contribution in [0.3, 0.4) is 0 Å². The monoisotopic (exact) mass is 618 g/mol. The number of imide groups is 2. The van der Waals surface area contributed by atoms with Crippen molar-refractivity contribution in [3.63, 3.8) is 0 Å². The molecule has 1 saturated carbocycles. The molecule has 2 aliphatic heterocycles. The van der Waals surface area contributed by atoms with Crippen LogP contribution in [0.15, 0.2) is 90.5 Å². The summed E-state index contributed by atoms with van der Waals surface area (Å²) in [5, 5.41) is 10.4. The van der Waals surface area contributed by atoms with Gasteiger partial charge in [-0.15, -0.1) is 23.2 Å².